The minimum absolute atomic E-state index is 0.0683. The third-order valence-corrected chi connectivity index (χ3v) is 18.5. The van der Waals surface area contributed by atoms with E-state index < -0.39 is 0 Å². The van der Waals surface area contributed by atoms with Crippen molar-refractivity contribution in [2.75, 3.05) is 0 Å². The summed E-state index contributed by atoms with van der Waals surface area (Å²) in [6.07, 6.45) is 0. The average molecular weight is 1180 g/mol. The van der Waals surface area contributed by atoms with Crippen LogP contribution >= 0.6 is 22.7 Å². The van der Waals surface area contributed by atoms with Crippen LogP contribution in [0.2, 0.25) is 0 Å². The lowest BCUT2D eigenvalue weighted by atomic mass is 9.81. The second kappa shape index (κ2) is 22.8. The van der Waals surface area contributed by atoms with Crippen molar-refractivity contribution in [2.45, 2.75) is 157 Å². The molecule has 0 aliphatic rings. The Morgan fingerprint density at radius 2 is 0.409 bits per heavy atom. The van der Waals surface area contributed by atoms with Crippen LogP contribution in [0.3, 0.4) is 0 Å². The summed E-state index contributed by atoms with van der Waals surface area (Å²) in [7, 11) is 0. The molecule has 9 aromatic carbocycles. The first-order valence-corrected chi connectivity index (χ1v) is 32.6. The minimum Gasteiger partial charge on any atom is -0.151 e. The Hall–Kier alpha value is -8.70. The Kier molecular flexibility index (Phi) is 15.8. The highest BCUT2D eigenvalue weighted by atomic mass is 32.1. The van der Waals surface area contributed by atoms with Crippen LogP contribution in [0.5, 0.6) is 0 Å². The summed E-state index contributed by atoms with van der Waals surface area (Å²) in [5.74, 6) is 43.0. The largest absolute Gasteiger partial charge is 0.151 e. The van der Waals surface area contributed by atoms with E-state index in [1.54, 1.807) is 22.7 Å². The summed E-state index contributed by atoms with van der Waals surface area (Å²) in [5, 5.41) is 21.3. The quantitative estimate of drug-likeness (QED) is 0.105. The first kappa shape index (κ1) is 61.0. The first-order chi connectivity index (χ1) is 41.4. The van der Waals surface area contributed by atoms with Crippen LogP contribution in [-0.2, 0) is 32.5 Å². The van der Waals surface area contributed by atoms with Crippen molar-refractivity contribution in [1.82, 2.24) is 0 Å². The van der Waals surface area contributed by atoms with Crippen LogP contribution in [0.25, 0.3) is 64.6 Å². The maximum absolute atomic E-state index is 3.72. The van der Waals surface area contributed by atoms with Gasteiger partial charge in [-0.1, -0.05) is 245 Å². The molecule has 434 valence electrons. The molecule has 0 saturated heterocycles. The lowest BCUT2D eigenvalue weighted by Crippen LogP contribution is -2.11. The van der Waals surface area contributed by atoms with E-state index in [1.165, 1.54) is 33.4 Å². The number of thiophene rings is 2. The van der Waals surface area contributed by atoms with E-state index in [0.717, 1.165) is 109 Å². The highest BCUT2D eigenvalue weighted by molar-refractivity contribution is 7.08. The Balaban J connectivity index is 1.14. The molecule has 0 unspecified atom stereocenters. The van der Waals surface area contributed by atoms with Gasteiger partial charge >= 0.3 is 0 Å². The zero-order valence-electron chi connectivity index (χ0n) is 54.7. The van der Waals surface area contributed by atoms with Gasteiger partial charge in [-0.2, -0.15) is 22.7 Å². The predicted octanol–water partition coefficient (Wildman–Crippen LogP) is 22.1. The van der Waals surface area contributed by atoms with Crippen LogP contribution in [0.1, 0.15) is 203 Å². The molecular formula is C86H78S2. The van der Waals surface area contributed by atoms with Crippen molar-refractivity contribution in [3.05, 3.63) is 221 Å². The number of fused-ring (bicyclic) bond motifs is 6. The topological polar surface area (TPSA) is 0 Å². The molecule has 11 rings (SSSR count). The van der Waals surface area contributed by atoms with E-state index in [9.17, 15) is 0 Å². The fourth-order valence-electron chi connectivity index (χ4n) is 11.6. The van der Waals surface area contributed by atoms with E-state index in [-0.39, 0.29) is 32.5 Å². The molecule has 0 aliphatic heterocycles. The number of hydrogen-bond donors (Lipinski definition) is 0. The molecule has 88 heavy (non-hydrogen) atoms. The van der Waals surface area contributed by atoms with Gasteiger partial charge in [-0.05, 0) is 213 Å². The molecular weight excluding hydrogens is 1100 g/mol. The molecule has 0 fully saturated rings. The van der Waals surface area contributed by atoms with Crippen molar-refractivity contribution in [3.63, 3.8) is 0 Å². The van der Waals surface area contributed by atoms with E-state index in [4.69, 9.17) is 0 Å². The van der Waals surface area contributed by atoms with Crippen molar-refractivity contribution < 1.29 is 0 Å². The molecule has 0 radical (unpaired) electrons. The van der Waals surface area contributed by atoms with Crippen LogP contribution < -0.4 is 0 Å². The number of hydrogen-bond acceptors (Lipinski definition) is 2. The molecule has 2 aromatic heterocycles. The zero-order chi connectivity index (χ0) is 62.9. The van der Waals surface area contributed by atoms with Gasteiger partial charge in [-0.3, -0.25) is 0 Å². The van der Waals surface area contributed by atoms with Crippen molar-refractivity contribution >= 4 is 87.3 Å². The molecule has 0 saturated carbocycles. The molecule has 0 atom stereocenters. The SMILES string of the molecule is CC(C)(C)c1ccc2c(C#CC#Cc3c4ccc(C(C)(C)C)cc4c(C#Cc4ccsc4)c4ccc(C(C)(C)C)cc34)c3cc(C(C)(C)C)ccc3c(C#CC#Cc3c4ccc(C(C)(C)C)cc4c(C#Cc4ccsc4)c4ccc(C(C)(C)C)cc34)c2c1. The smallest absolute Gasteiger partial charge is 0.0413 e. The van der Waals surface area contributed by atoms with E-state index in [2.05, 4.69) is 339 Å². The van der Waals surface area contributed by atoms with Crippen LogP contribution in [-0.4, -0.2) is 0 Å². The second-order valence-electron chi connectivity index (χ2n) is 29.8. The summed E-state index contributed by atoms with van der Waals surface area (Å²) in [6, 6.07) is 45.3. The molecule has 0 amide bonds. The van der Waals surface area contributed by atoms with E-state index >= 15 is 0 Å². The third-order valence-electron chi connectivity index (χ3n) is 17.1. The Bertz CT molecular complexity index is 4740. The third kappa shape index (κ3) is 12.3. The minimum atomic E-state index is -0.126. The summed E-state index contributed by atoms with van der Waals surface area (Å²) < 4.78 is 0. The van der Waals surface area contributed by atoms with Gasteiger partial charge in [0.25, 0.3) is 0 Å². The first-order valence-electron chi connectivity index (χ1n) is 30.7. The molecule has 0 aliphatic carbocycles. The summed E-state index contributed by atoms with van der Waals surface area (Å²) in [5.41, 5.74) is 14.7. The molecule has 11 aromatic rings. The molecule has 0 nitrogen and oxygen atoms in total. The van der Waals surface area contributed by atoms with Gasteiger partial charge < -0.3 is 0 Å². The van der Waals surface area contributed by atoms with Crippen LogP contribution in [0.4, 0.5) is 0 Å². The van der Waals surface area contributed by atoms with Gasteiger partial charge in [0, 0.05) is 55.3 Å². The fourth-order valence-corrected chi connectivity index (χ4v) is 12.8. The van der Waals surface area contributed by atoms with E-state index in [1.807, 2.05) is 0 Å². The summed E-state index contributed by atoms with van der Waals surface area (Å²) >= 11 is 3.34. The highest BCUT2D eigenvalue weighted by Gasteiger charge is 2.25. The van der Waals surface area contributed by atoms with Gasteiger partial charge in [-0.15, -0.1) is 0 Å². The molecule has 0 bridgehead atoms. The molecule has 2 heteroatoms. The van der Waals surface area contributed by atoms with Gasteiger partial charge in [0.2, 0.25) is 0 Å². The molecule has 0 spiro atoms. The van der Waals surface area contributed by atoms with Gasteiger partial charge in [0.05, 0.1) is 0 Å². The Labute approximate surface area is 532 Å². The normalized spacial score (nSPS) is 12.1. The van der Waals surface area contributed by atoms with Crippen LogP contribution in [0.15, 0.2) is 143 Å². The number of benzene rings is 9. The predicted molar refractivity (Wildman–Crippen MR) is 385 cm³/mol. The number of rotatable bonds is 0. The zero-order valence-corrected chi connectivity index (χ0v) is 56.3. The fraction of sp³-hybridized carbons (Fsp3) is 0.279. The van der Waals surface area contributed by atoms with Crippen molar-refractivity contribution in [1.29, 1.82) is 0 Å². The standard InChI is InChI=1S/C86H78S2/c1-81(2,3)57-29-37-69-64(24-20-22-26-66-72-40-32-62(86(16,17)18)52-80(72)68(36-28-56-44-46-88-54-56)74-42-34-60(50-78(66)74)84(10,11)12)76-48-58(82(4,5)6)30-38-70(76)63(75(69)47-57)23-19-21-25-65-71-39-31-61(85(13,14)15)51-79(71)67(35-27-55-43-45-87-53-55)73-41-33-59(49-77(65)73)83(7,8)9/h29-34,37-54H,1-18H3. The lowest BCUT2D eigenvalue weighted by Gasteiger charge is -2.22. The van der Waals surface area contributed by atoms with Gasteiger partial charge in [-0.25, -0.2) is 0 Å². The summed E-state index contributed by atoms with van der Waals surface area (Å²) in [4.78, 5) is 0. The lowest BCUT2D eigenvalue weighted by molar-refractivity contribution is 0.590. The molecule has 2 heterocycles. The Morgan fingerprint density at radius 1 is 0.216 bits per heavy atom. The van der Waals surface area contributed by atoms with Gasteiger partial charge in [0.1, 0.15) is 0 Å². The Morgan fingerprint density at radius 3 is 0.580 bits per heavy atom. The monoisotopic (exact) mass is 1170 g/mol. The highest BCUT2D eigenvalue weighted by Crippen LogP contribution is 2.42. The maximum atomic E-state index is 3.72. The van der Waals surface area contributed by atoms with E-state index in [0.29, 0.717) is 0 Å². The average Bonchev–Trinajstić information content (AvgIpc) is 1.02. The van der Waals surface area contributed by atoms with Gasteiger partial charge in [0.15, 0.2) is 0 Å². The van der Waals surface area contributed by atoms with Crippen molar-refractivity contribution in [3.8, 4) is 71.0 Å². The van der Waals surface area contributed by atoms with Crippen molar-refractivity contribution in [2.24, 2.45) is 0 Å². The maximum Gasteiger partial charge on any atom is 0.0413 e. The second-order valence-corrected chi connectivity index (χ2v) is 31.4. The van der Waals surface area contributed by atoms with Crippen LogP contribution in [0, 0.1) is 71.0 Å². The molecule has 0 N–H and O–H groups in total. The summed E-state index contributed by atoms with van der Waals surface area (Å²) in [6.45, 7) is 40.8.